The molecule has 1 saturated carbocycles. The minimum absolute atomic E-state index is 0.0280. The Morgan fingerprint density at radius 2 is 1.38 bits per heavy atom. The van der Waals surface area contributed by atoms with Crippen molar-refractivity contribution in [1.29, 1.82) is 0 Å². The highest BCUT2D eigenvalue weighted by molar-refractivity contribution is 6.80. The molecular formula is C21H26O2Si. The van der Waals surface area contributed by atoms with Gasteiger partial charge < -0.3 is 4.43 Å². The summed E-state index contributed by atoms with van der Waals surface area (Å²) in [6, 6.07) is 21.1. The predicted octanol–water partition coefficient (Wildman–Crippen LogP) is 2.94. The summed E-state index contributed by atoms with van der Waals surface area (Å²) in [7, 11) is -1.78. The molecule has 0 N–H and O–H groups in total. The number of hydrogen-bond donors (Lipinski definition) is 0. The van der Waals surface area contributed by atoms with Crippen LogP contribution in [0.15, 0.2) is 60.7 Å². The molecule has 3 heteroatoms. The summed E-state index contributed by atoms with van der Waals surface area (Å²) in [5.74, 6) is 0.732. The second kappa shape index (κ2) is 7.04. The number of Topliss-reactive ketones (excluding diaryl/α,β-unsaturated/α-hetero) is 1. The van der Waals surface area contributed by atoms with Gasteiger partial charge in [-0.2, -0.15) is 0 Å². The van der Waals surface area contributed by atoms with Crippen LogP contribution in [0, 0.1) is 11.3 Å². The van der Waals surface area contributed by atoms with Crippen molar-refractivity contribution in [3.05, 3.63) is 60.7 Å². The quantitative estimate of drug-likeness (QED) is 0.784. The molecule has 2 nitrogen and oxygen atoms in total. The molecule has 0 bridgehead atoms. The van der Waals surface area contributed by atoms with E-state index in [0.29, 0.717) is 24.5 Å². The molecule has 0 radical (unpaired) electrons. The lowest BCUT2D eigenvalue weighted by molar-refractivity contribution is -0.132. The van der Waals surface area contributed by atoms with Crippen LogP contribution in [0.25, 0.3) is 0 Å². The maximum Gasteiger partial charge on any atom is 0.240 e. The SMILES string of the molecule is CC(C)(C)C(O[SiH](c1ccccc1)c1ccccc1)C1CC(=O)C1. The van der Waals surface area contributed by atoms with Gasteiger partial charge in [0.15, 0.2) is 0 Å². The highest BCUT2D eigenvalue weighted by Crippen LogP contribution is 2.38. The summed E-state index contributed by atoms with van der Waals surface area (Å²) >= 11 is 0. The van der Waals surface area contributed by atoms with Crippen molar-refractivity contribution >= 4 is 25.2 Å². The molecule has 3 rings (SSSR count). The average molecular weight is 339 g/mol. The van der Waals surface area contributed by atoms with Gasteiger partial charge in [-0.15, -0.1) is 0 Å². The molecule has 126 valence electrons. The van der Waals surface area contributed by atoms with Gasteiger partial charge >= 0.3 is 0 Å². The molecular weight excluding hydrogens is 312 g/mol. The zero-order chi connectivity index (χ0) is 17.2. The van der Waals surface area contributed by atoms with Crippen molar-refractivity contribution in [1.82, 2.24) is 0 Å². The fourth-order valence-corrected chi connectivity index (χ4v) is 6.28. The van der Waals surface area contributed by atoms with E-state index in [1.54, 1.807) is 0 Å². The van der Waals surface area contributed by atoms with Crippen LogP contribution in [0.2, 0.25) is 0 Å². The number of ketones is 1. The van der Waals surface area contributed by atoms with Crippen molar-refractivity contribution in [2.24, 2.45) is 11.3 Å². The van der Waals surface area contributed by atoms with E-state index in [9.17, 15) is 4.79 Å². The third kappa shape index (κ3) is 3.85. The van der Waals surface area contributed by atoms with E-state index in [4.69, 9.17) is 4.43 Å². The molecule has 2 aromatic rings. The Bertz CT molecular complexity index is 628. The standard InChI is InChI=1S/C21H26O2Si/c1-21(2,3)20(16-14-17(22)15-16)23-24(18-10-6-4-7-11-18)19-12-8-5-9-13-19/h4-13,16,20,24H,14-15H2,1-3H3. The first-order chi connectivity index (χ1) is 11.4. The van der Waals surface area contributed by atoms with E-state index < -0.39 is 9.04 Å². The maximum absolute atomic E-state index is 11.5. The lowest BCUT2D eigenvalue weighted by Gasteiger charge is -2.42. The number of carbonyl (C=O) groups is 1. The molecule has 0 amide bonds. The summed E-state index contributed by atoms with van der Waals surface area (Å²) in [5.41, 5.74) is 0.0280. The van der Waals surface area contributed by atoms with Crippen LogP contribution >= 0.6 is 0 Å². The number of hydrogen-bond acceptors (Lipinski definition) is 2. The summed E-state index contributed by atoms with van der Waals surface area (Å²) in [6.07, 6.45) is 1.46. The fraction of sp³-hybridized carbons (Fsp3) is 0.381. The first kappa shape index (κ1) is 17.1. The number of benzene rings is 2. The first-order valence-electron chi connectivity index (χ1n) is 8.72. The van der Waals surface area contributed by atoms with Gasteiger partial charge in [-0.1, -0.05) is 81.4 Å². The van der Waals surface area contributed by atoms with Gasteiger partial charge in [0.1, 0.15) is 5.78 Å². The summed E-state index contributed by atoms with van der Waals surface area (Å²) in [5, 5.41) is 2.59. The Kier molecular flexibility index (Phi) is 5.02. The average Bonchev–Trinajstić information content (AvgIpc) is 2.54. The van der Waals surface area contributed by atoms with Crippen molar-refractivity contribution in [2.75, 3.05) is 0 Å². The van der Waals surface area contributed by atoms with Gasteiger partial charge in [0.2, 0.25) is 9.04 Å². The van der Waals surface area contributed by atoms with E-state index in [1.807, 2.05) is 12.1 Å². The lowest BCUT2D eigenvalue weighted by atomic mass is 9.71. The molecule has 1 aliphatic rings. The zero-order valence-electron chi connectivity index (χ0n) is 14.7. The summed E-state index contributed by atoms with van der Waals surface area (Å²) < 4.78 is 6.83. The third-order valence-corrected chi connectivity index (χ3v) is 7.29. The molecule has 0 aromatic heterocycles. The topological polar surface area (TPSA) is 26.3 Å². The Balaban J connectivity index is 1.91. The van der Waals surface area contributed by atoms with Crippen LogP contribution in [0.3, 0.4) is 0 Å². The Hall–Kier alpha value is -1.71. The molecule has 1 aliphatic carbocycles. The minimum atomic E-state index is -1.78. The largest absolute Gasteiger partial charge is 0.407 e. The third-order valence-electron chi connectivity index (χ3n) is 4.75. The summed E-state index contributed by atoms with van der Waals surface area (Å²) in [6.45, 7) is 6.67. The normalized spacial score (nSPS) is 16.9. The van der Waals surface area contributed by atoms with Crippen molar-refractivity contribution < 1.29 is 9.22 Å². The van der Waals surface area contributed by atoms with E-state index in [-0.39, 0.29) is 11.5 Å². The summed E-state index contributed by atoms with van der Waals surface area (Å²) in [4.78, 5) is 11.5. The first-order valence-corrected chi connectivity index (χ1v) is 10.3. The Labute approximate surface area is 146 Å². The van der Waals surface area contributed by atoms with Gasteiger partial charge in [0, 0.05) is 12.8 Å². The molecule has 2 aromatic carbocycles. The predicted molar refractivity (Wildman–Crippen MR) is 101 cm³/mol. The van der Waals surface area contributed by atoms with Crippen LogP contribution in [-0.4, -0.2) is 20.9 Å². The molecule has 0 heterocycles. The van der Waals surface area contributed by atoms with Crippen LogP contribution in [-0.2, 0) is 9.22 Å². The molecule has 1 unspecified atom stereocenters. The molecule has 0 aliphatic heterocycles. The van der Waals surface area contributed by atoms with Gasteiger partial charge in [-0.25, -0.2) is 0 Å². The number of rotatable bonds is 5. The molecule has 0 saturated heterocycles. The lowest BCUT2D eigenvalue weighted by Crippen LogP contribution is -2.53. The van der Waals surface area contributed by atoms with Crippen LogP contribution in [0.1, 0.15) is 33.6 Å². The second-order valence-electron chi connectivity index (χ2n) is 7.83. The van der Waals surface area contributed by atoms with Gasteiger partial charge in [0.05, 0.1) is 6.10 Å². The van der Waals surface area contributed by atoms with Crippen LogP contribution in [0.5, 0.6) is 0 Å². The minimum Gasteiger partial charge on any atom is -0.407 e. The highest BCUT2D eigenvalue weighted by atomic mass is 28.3. The van der Waals surface area contributed by atoms with E-state index in [1.165, 1.54) is 10.4 Å². The van der Waals surface area contributed by atoms with Crippen molar-refractivity contribution in [2.45, 2.75) is 39.7 Å². The van der Waals surface area contributed by atoms with Crippen LogP contribution in [0.4, 0.5) is 0 Å². The monoisotopic (exact) mass is 338 g/mol. The highest BCUT2D eigenvalue weighted by Gasteiger charge is 2.42. The van der Waals surface area contributed by atoms with Gasteiger partial charge in [0.25, 0.3) is 0 Å². The van der Waals surface area contributed by atoms with Gasteiger partial charge in [-0.05, 0) is 21.7 Å². The fourth-order valence-electron chi connectivity index (χ4n) is 3.51. The van der Waals surface area contributed by atoms with E-state index in [2.05, 4.69) is 69.3 Å². The molecule has 1 atom stereocenters. The van der Waals surface area contributed by atoms with Crippen molar-refractivity contribution in [3.63, 3.8) is 0 Å². The Morgan fingerprint density at radius 3 is 1.75 bits per heavy atom. The van der Waals surface area contributed by atoms with Crippen molar-refractivity contribution in [3.8, 4) is 0 Å². The second-order valence-corrected chi connectivity index (χ2v) is 10.2. The molecule has 0 spiro atoms. The Morgan fingerprint density at radius 1 is 0.917 bits per heavy atom. The van der Waals surface area contributed by atoms with E-state index in [0.717, 1.165) is 0 Å². The zero-order valence-corrected chi connectivity index (χ0v) is 15.9. The maximum atomic E-state index is 11.5. The molecule has 24 heavy (non-hydrogen) atoms. The smallest absolute Gasteiger partial charge is 0.240 e. The molecule has 1 fully saturated rings. The van der Waals surface area contributed by atoms with E-state index >= 15 is 0 Å². The number of carbonyl (C=O) groups excluding carboxylic acids is 1. The van der Waals surface area contributed by atoms with Gasteiger partial charge in [-0.3, -0.25) is 4.79 Å². The van der Waals surface area contributed by atoms with Crippen LogP contribution < -0.4 is 10.4 Å².